The predicted molar refractivity (Wildman–Crippen MR) is 155 cm³/mol. The van der Waals surface area contributed by atoms with Gasteiger partial charge in [0.2, 0.25) is 5.91 Å². The molecule has 0 bridgehead atoms. The molecular weight excluding hydrogens is 581 g/mol. The van der Waals surface area contributed by atoms with Crippen LogP contribution in [-0.4, -0.2) is 86.7 Å². The average Bonchev–Trinajstić information content (AvgIpc) is 3.34. The Hall–Kier alpha value is -4.30. The van der Waals surface area contributed by atoms with Crippen molar-refractivity contribution < 1.29 is 32.8 Å². The van der Waals surface area contributed by atoms with Gasteiger partial charge in [-0.1, -0.05) is 18.2 Å². The van der Waals surface area contributed by atoms with E-state index in [2.05, 4.69) is 0 Å². The molecule has 0 spiro atoms. The minimum Gasteiger partial charge on any atom is -0.390 e. The number of aliphatic hydroxyl groups excluding tert-OH is 1. The smallest absolute Gasteiger partial charge is 0.390 e. The minimum absolute atomic E-state index is 0.114. The first-order chi connectivity index (χ1) is 20.8. The Morgan fingerprint density at radius 2 is 1.70 bits per heavy atom. The molecule has 1 amide bonds. The molecule has 0 aliphatic carbocycles. The number of aliphatic hydroxyl groups is 1. The Morgan fingerprint density at radius 1 is 1.02 bits per heavy atom. The summed E-state index contributed by atoms with van der Waals surface area (Å²) < 4.78 is 41.1. The molecule has 1 aromatic heterocycles. The predicted octanol–water partition coefficient (Wildman–Crippen LogP) is 3.77. The number of nitrogens with zero attached hydrogens (tertiary/aromatic N) is 6. The molecule has 1 atom stereocenters. The second-order valence-corrected chi connectivity index (χ2v) is 11.1. The Bertz CT molecular complexity index is 1530. The number of alkyl halides is 3. The number of hydrogen-bond donors (Lipinski definition) is 1. The first kappa shape index (κ1) is 31.1. The van der Waals surface area contributed by atoms with E-state index in [-0.39, 0.29) is 30.5 Å². The van der Waals surface area contributed by atoms with E-state index in [1.807, 2.05) is 9.80 Å². The van der Waals surface area contributed by atoms with Gasteiger partial charge in [0, 0.05) is 87.6 Å². The molecule has 2 aromatic carbocycles. The number of Topliss-reactive ketones (excluding diaryl/α,β-unsaturated/α-hetero) is 1. The highest BCUT2D eigenvalue weighted by atomic mass is 19.4. The molecule has 2 aliphatic rings. The largest absolute Gasteiger partial charge is 0.416 e. The molecule has 0 radical (unpaired) electrons. The van der Waals surface area contributed by atoms with Crippen molar-refractivity contribution in [1.29, 1.82) is 0 Å². The number of nitro groups is 1. The van der Waals surface area contributed by atoms with E-state index in [0.29, 0.717) is 68.2 Å². The maximum absolute atomic E-state index is 13.1. The number of aromatic nitrogens is 2. The number of nitro benzene ring substituents is 1. The third kappa shape index (κ3) is 6.45. The molecule has 1 fully saturated rings. The Morgan fingerprint density at radius 3 is 2.30 bits per heavy atom. The molecule has 3 aromatic rings. The number of ketones is 1. The third-order valence-corrected chi connectivity index (χ3v) is 8.20. The third-order valence-electron chi connectivity index (χ3n) is 8.20. The van der Waals surface area contributed by atoms with E-state index < -0.39 is 22.8 Å². The normalized spacial score (nSPS) is 16.5. The van der Waals surface area contributed by atoms with Gasteiger partial charge in [-0.15, -0.1) is 0 Å². The van der Waals surface area contributed by atoms with Gasteiger partial charge in [-0.25, -0.2) is 0 Å². The van der Waals surface area contributed by atoms with Crippen molar-refractivity contribution in [3.8, 4) is 11.3 Å². The first-order valence-corrected chi connectivity index (χ1v) is 14.3. The zero-order valence-corrected chi connectivity index (χ0v) is 24.4. The van der Waals surface area contributed by atoms with Crippen LogP contribution in [0.4, 0.5) is 24.5 Å². The summed E-state index contributed by atoms with van der Waals surface area (Å²) >= 11 is 0. The van der Waals surface area contributed by atoms with Crippen LogP contribution >= 0.6 is 0 Å². The van der Waals surface area contributed by atoms with E-state index in [1.54, 1.807) is 15.6 Å². The highest BCUT2D eigenvalue weighted by molar-refractivity contribution is 6.01. The Labute approximate surface area is 251 Å². The lowest BCUT2D eigenvalue weighted by Crippen LogP contribution is -2.49. The number of fused-ring (bicyclic) bond motifs is 1. The fourth-order valence-electron chi connectivity index (χ4n) is 5.96. The van der Waals surface area contributed by atoms with Gasteiger partial charge in [0.1, 0.15) is 5.69 Å². The van der Waals surface area contributed by atoms with Gasteiger partial charge in [0.25, 0.3) is 5.69 Å². The zero-order valence-electron chi connectivity index (χ0n) is 24.4. The highest BCUT2D eigenvalue weighted by Gasteiger charge is 2.32. The summed E-state index contributed by atoms with van der Waals surface area (Å²) in [5, 5.41) is 27.5. The van der Waals surface area contributed by atoms with Crippen LogP contribution in [-0.2, 0) is 30.5 Å². The van der Waals surface area contributed by atoms with Crippen molar-refractivity contribution >= 4 is 23.1 Å². The fourth-order valence-corrected chi connectivity index (χ4v) is 5.96. The molecule has 0 saturated carbocycles. The van der Waals surface area contributed by atoms with Crippen LogP contribution in [0.5, 0.6) is 0 Å². The molecule has 1 saturated heterocycles. The van der Waals surface area contributed by atoms with E-state index in [0.717, 1.165) is 23.4 Å². The highest BCUT2D eigenvalue weighted by Crippen LogP contribution is 2.35. The molecule has 1 unspecified atom stereocenters. The Kier molecular flexibility index (Phi) is 8.75. The summed E-state index contributed by atoms with van der Waals surface area (Å²) in [5.74, 6) is -0.372. The number of carbonyl (C=O) groups excluding carboxylic acids is 2. The number of halogens is 3. The van der Waals surface area contributed by atoms with Gasteiger partial charge in [0.05, 0.1) is 28.8 Å². The number of rotatable bonds is 8. The van der Waals surface area contributed by atoms with Crippen LogP contribution in [0.2, 0.25) is 0 Å². The van der Waals surface area contributed by atoms with E-state index in [9.17, 15) is 38.0 Å². The minimum atomic E-state index is -4.47. The van der Waals surface area contributed by atoms with Gasteiger partial charge < -0.3 is 14.9 Å². The zero-order chi connectivity index (χ0) is 31.8. The number of para-hydroxylation sites is 1. The van der Waals surface area contributed by atoms with Gasteiger partial charge in [0.15, 0.2) is 5.78 Å². The van der Waals surface area contributed by atoms with Crippen molar-refractivity contribution in [3.63, 3.8) is 0 Å². The number of piperazine rings is 1. The molecule has 5 rings (SSSR count). The summed E-state index contributed by atoms with van der Waals surface area (Å²) in [6, 6.07) is 9.21. The molecule has 1 N–H and O–H groups in total. The summed E-state index contributed by atoms with van der Waals surface area (Å²) in [5.41, 5.74) is 2.26. The average molecular weight is 615 g/mol. The number of β-amino-alcohol motifs (C(OH)–C–C–N with tert-alkyl or cyclic N) is 1. The monoisotopic (exact) mass is 614 g/mol. The quantitative estimate of drug-likeness (QED) is 0.231. The summed E-state index contributed by atoms with van der Waals surface area (Å²) in [6.45, 7) is 5.87. The van der Waals surface area contributed by atoms with Crippen molar-refractivity contribution in [2.24, 2.45) is 0 Å². The molecule has 14 heteroatoms. The number of amides is 1. The molecular formula is C30H33F3N6O5. The van der Waals surface area contributed by atoms with Crippen molar-refractivity contribution in [2.45, 2.75) is 45.6 Å². The summed E-state index contributed by atoms with van der Waals surface area (Å²) in [7, 11) is 0. The lowest BCUT2D eigenvalue weighted by Gasteiger charge is -2.37. The summed E-state index contributed by atoms with van der Waals surface area (Å²) in [4.78, 5) is 41.0. The molecule has 3 heterocycles. The van der Waals surface area contributed by atoms with Gasteiger partial charge >= 0.3 is 6.18 Å². The lowest BCUT2D eigenvalue weighted by molar-refractivity contribution is -0.384. The number of carbonyl (C=O) groups is 2. The topological polar surface area (TPSA) is 125 Å². The van der Waals surface area contributed by atoms with Crippen LogP contribution in [0, 0.1) is 10.1 Å². The Balaban J connectivity index is 1.30. The molecule has 2 aliphatic heterocycles. The number of anilines is 1. The molecule has 44 heavy (non-hydrogen) atoms. The van der Waals surface area contributed by atoms with Gasteiger partial charge in [-0.3, -0.25) is 29.3 Å². The van der Waals surface area contributed by atoms with Crippen LogP contribution < -0.4 is 4.90 Å². The van der Waals surface area contributed by atoms with Crippen LogP contribution in [0.15, 0.2) is 42.5 Å². The lowest BCUT2D eigenvalue weighted by atomic mass is 10.00. The standard InChI is InChI=1S/C30H33F3N6O5/c1-19(40)24-4-3-5-27(39(43)44)29(24)36-14-12-35(13-15-36)16-23(42)17-38-26-10-11-37(20(2)41)18-25(26)28(34-38)21-6-8-22(9-7-21)30(31,32)33/h3-9,23,42H,10-18H2,1-2H3. The van der Waals surface area contributed by atoms with Gasteiger partial charge in [-0.05, 0) is 25.1 Å². The number of hydrogen-bond acceptors (Lipinski definition) is 8. The summed E-state index contributed by atoms with van der Waals surface area (Å²) in [6.07, 6.45) is -4.82. The van der Waals surface area contributed by atoms with Crippen LogP contribution in [0.3, 0.4) is 0 Å². The SMILES string of the molecule is CC(=O)c1cccc([N+](=O)[O-])c1N1CCN(CC(O)Cn2nc(-c3ccc(C(F)(F)F)cc3)c3c2CCN(C(C)=O)C3)CC1. The number of benzene rings is 2. The maximum Gasteiger partial charge on any atom is 0.416 e. The second kappa shape index (κ2) is 12.4. The fraction of sp³-hybridized carbons (Fsp3) is 0.433. The maximum atomic E-state index is 13.1. The van der Waals surface area contributed by atoms with Gasteiger partial charge in [-0.2, -0.15) is 18.3 Å². The van der Waals surface area contributed by atoms with E-state index in [4.69, 9.17) is 5.10 Å². The van der Waals surface area contributed by atoms with Crippen molar-refractivity contribution in [2.75, 3.05) is 44.2 Å². The van der Waals surface area contributed by atoms with E-state index >= 15 is 0 Å². The van der Waals surface area contributed by atoms with Crippen LogP contribution in [0.1, 0.15) is 41.0 Å². The van der Waals surface area contributed by atoms with E-state index in [1.165, 1.54) is 38.1 Å². The first-order valence-electron chi connectivity index (χ1n) is 14.3. The van der Waals surface area contributed by atoms with Crippen molar-refractivity contribution in [1.82, 2.24) is 19.6 Å². The molecule has 234 valence electrons. The van der Waals surface area contributed by atoms with Crippen LogP contribution in [0.25, 0.3) is 11.3 Å². The second-order valence-electron chi connectivity index (χ2n) is 11.1. The molecule has 11 nitrogen and oxygen atoms in total. The van der Waals surface area contributed by atoms with Crippen molar-refractivity contribution in [3.05, 3.63) is 75.0 Å².